The number of pyridine rings is 1. The minimum absolute atomic E-state index is 0.0480. The molecule has 1 atom stereocenters. The molecular weight excluding hydrogens is 579 g/mol. The number of Topliss-reactive ketones (excluding diaryl/α,β-unsaturated/α-hetero) is 1. The average Bonchev–Trinajstić information content (AvgIpc) is 3.35. The molecule has 42 heavy (non-hydrogen) atoms. The number of hydrogen-bond donors (Lipinski definition) is 1. The third-order valence-corrected chi connectivity index (χ3v) is 6.58. The van der Waals surface area contributed by atoms with Gasteiger partial charge in [0.25, 0.3) is 5.56 Å². The molecule has 0 saturated carbocycles. The van der Waals surface area contributed by atoms with Gasteiger partial charge >= 0.3 is 12.1 Å². The van der Waals surface area contributed by atoms with E-state index < -0.39 is 30.4 Å². The second-order valence-electron chi connectivity index (χ2n) is 9.39. The minimum Gasteiger partial charge on any atom is -0.495 e. The average molecular weight is 604 g/mol. The Kier molecular flexibility index (Phi) is 9.05. The molecule has 4 rings (SSSR count). The van der Waals surface area contributed by atoms with Gasteiger partial charge < -0.3 is 19.1 Å². The molecule has 0 aliphatic rings. The maximum Gasteiger partial charge on any atom is 0.422 e. The molecule has 13 heteroatoms. The molecule has 1 unspecified atom stereocenters. The Labute approximate surface area is 242 Å². The smallest absolute Gasteiger partial charge is 0.422 e. The van der Waals surface area contributed by atoms with Gasteiger partial charge in [-0.25, -0.2) is 4.79 Å². The van der Waals surface area contributed by atoms with E-state index in [0.717, 1.165) is 6.07 Å². The number of alkyl halides is 3. The topological polar surface area (TPSA) is 113 Å². The number of hydrogen-bond acceptors (Lipinski definition) is 6. The van der Waals surface area contributed by atoms with E-state index in [1.807, 2.05) is 0 Å². The van der Waals surface area contributed by atoms with Crippen molar-refractivity contribution in [3.05, 3.63) is 99.2 Å². The van der Waals surface area contributed by atoms with E-state index in [2.05, 4.69) is 5.10 Å². The Morgan fingerprint density at radius 2 is 1.74 bits per heavy atom. The van der Waals surface area contributed by atoms with E-state index in [9.17, 15) is 27.6 Å². The minimum atomic E-state index is -4.60. The van der Waals surface area contributed by atoms with Crippen LogP contribution in [-0.4, -0.2) is 51.1 Å². The molecule has 2 aromatic carbocycles. The predicted molar refractivity (Wildman–Crippen MR) is 147 cm³/mol. The molecule has 4 aromatic rings. The number of nitrogens with zero attached hydrogens (tertiary/aromatic N) is 3. The molecule has 0 amide bonds. The highest BCUT2D eigenvalue weighted by Crippen LogP contribution is 2.38. The van der Waals surface area contributed by atoms with E-state index in [1.165, 1.54) is 60.3 Å². The zero-order chi connectivity index (χ0) is 30.6. The Bertz CT molecular complexity index is 1660. The summed E-state index contributed by atoms with van der Waals surface area (Å²) in [5, 5.41) is 13.7. The molecule has 0 fully saturated rings. The summed E-state index contributed by atoms with van der Waals surface area (Å²) in [6.07, 6.45) is -1.66. The van der Waals surface area contributed by atoms with Gasteiger partial charge in [-0.1, -0.05) is 23.7 Å². The van der Waals surface area contributed by atoms with E-state index in [4.69, 9.17) is 26.2 Å². The summed E-state index contributed by atoms with van der Waals surface area (Å²) >= 11 is 6.12. The number of carbonyl (C=O) groups is 2. The predicted octanol–water partition coefficient (Wildman–Crippen LogP) is 5.15. The zero-order valence-corrected chi connectivity index (χ0v) is 23.1. The lowest BCUT2D eigenvalue weighted by atomic mass is 9.98. The van der Waals surface area contributed by atoms with Crippen LogP contribution < -0.4 is 15.0 Å². The molecule has 2 aromatic heterocycles. The van der Waals surface area contributed by atoms with Crippen molar-refractivity contribution in [1.82, 2.24) is 14.3 Å². The number of carbonyl (C=O) groups excluding carboxylic acids is 1. The summed E-state index contributed by atoms with van der Waals surface area (Å²) in [5.41, 5.74) is 0.712. The monoisotopic (exact) mass is 603 g/mol. The number of aryl methyl sites for hydroxylation is 1. The molecule has 220 valence electrons. The van der Waals surface area contributed by atoms with Crippen LogP contribution in [0.4, 0.5) is 13.2 Å². The lowest BCUT2D eigenvalue weighted by molar-refractivity contribution is -0.153. The summed E-state index contributed by atoms with van der Waals surface area (Å²) in [6.45, 7) is -1.56. The van der Waals surface area contributed by atoms with E-state index >= 15 is 0 Å². The van der Waals surface area contributed by atoms with Gasteiger partial charge in [-0.3, -0.25) is 14.3 Å². The number of halogens is 4. The van der Waals surface area contributed by atoms with Crippen molar-refractivity contribution in [2.75, 3.05) is 13.7 Å². The van der Waals surface area contributed by atoms with Gasteiger partial charge in [-0.2, -0.15) is 18.3 Å². The first-order valence-corrected chi connectivity index (χ1v) is 12.9. The lowest BCUT2D eigenvalue weighted by Crippen LogP contribution is -2.32. The first-order valence-electron chi connectivity index (χ1n) is 12.5. The van der Waals surface area contributed by atoms with Crippen molar-refractivity contribution in [3.8, 4) is 22.6 Å². The summed E-state index contributed by atoms with van der Waals surface area (Å²) in [5.74, 6) is -1.56. The van der Waals surface area contributed by atoms with Crippen LogP contribution in [0.2, 0.25) is 5.02 Å². The number of ether oxygens (including phenoxy) is 2. The highest BCUT2D eigenvalue weighted by atomic mass is 35.5. The third-order valence-electron chi connectivity index (χ3n) is 6.35. The second kappa shape index (κ2) is 12.5. The van der Waals surface area contributed by atoms with E-state index in [0.29, 0.717) is 11.3 Å². The summed E-state index contributed by atoms with van der Waals surface area (Å²) in [6, 6.07) is 11.6. The molecule has 9 nitrogen and oxygen atoms in total. The van der Waals surface area contributed by atoms with Crippen LogP contribution in [-0.2, 0) is 24.7 Å². The normalized spacial score (nSPS) is 12.1. The number of carboxylic acid groups (broad SMARTS) is 1. The number of ketones is 1. The van der Waals surface area contributed by atoms with Crippen LogP contribution in [0.3, 0.4) is 0 Å². The highest BCUT2D eigenvalue weighted by molar-refractivity contribution is 6.31. The molecule has 0 aliphatic heterocycles. The molecule has 2 heterocycles. The largest absolute Gasteiger partial charge is 0.495 e. The number of benzene rings is 2. The molecule has 1 N–H and O–H groups in total. The van der Waals surface area contributed by atoms with Crippen molar-refractivity contribution >= 4 is 23.4 Å². The molecule has 0 saturated heterocycles. The van der Waals surface area contributed by atoms with Crippen LogP contribution in [0.5, 0.6) is 11.5 Å². The Morgan fingerprint density at radius 1 is 1.05 bits per heavy atom. The van der Waals surface area contributed by atoms with Gasteiger partial charge in [0.15, 0.2) is 12.4 Å². The fraction of sp³-hybridized carbons (Fsp3) is 0.241. The number of carboxylic acids is 1. The summed E-state index contributed by atoms with van der Waals surface area (Å²) in [7, 11) is 3.02. The first kappa shape index (κ1) is 30.4. The maximum atomic E-state index is 13.6. The van der Waals surface area contributed by atoms with Gasteiger partial charge in [-0.05, 0) is 42.0 Å². The van der Waals surface area contributed by atoms with Gasteiger partial charge in [-0.15, -0.1) is 0 Å². The van der Waals surface area contributed by atoms with E-state index in [1.54, 1.807) is 24.0 Å². The van der Waals surface area contributed by atoms with Crippen molar-refractivity contribution < 1.29 is 37.3 Å². The van der Waals surface area contributed by atoms with Crippen LogP contribution >= 0.6 is 11.6 Å². The molecule has 0 bridgehead atoms. The Balaban J connectivity index is 1.76. The number of aromatic nitrogens is 3. The van der Waals surface area contributed by atoms with E-state index in [-0.39, 0.29) is 51.8 Å². The number of rotatable bonds is 11. The van der Waals surface area contributed by atoms with Crippen LogP contribution in [0.15, 0.2) is 71.8 Å². The maximum absolute atomic E-state index is 13.6. The molecule has 0 aliphatic carbocycles. The van der Waals surface area contributed by atoms with Crippen LogP contribution in [0, 0.1) is 0 Å². The molecule has 0 spiro atoms. The summed E-state index contributed by atoms with van der Waals surface area (Å²) in [4.78, 5) is 38.3. The van der Waals surface area contributed by atoms with Crippen molar-refractivity contribution in [3.63, 3.8) is 0 Å². The Morgan fingerprint density at radius 3 is 2.33 bits per heavy atom. The first-order chi connectivity index (χ1) is 19.8. The van der Waals surface area contributed by atoms with Gasteiger partial charge in [0.1, 0.15) is 17.5 Å². The standard InChI is InChI=1S/C29H25ClF3N3O6/c1-35-10-9-20(34-35)13-23(24(37)11-17-3-5-18(6-4-17)28(39)40)36-15-26(41-2)22(14-27(36)38)21-12-19(30)7-8-25(21)42-16-29(31,32)33/h3-10,12,14-15,23H,11,13,16H2,1-2H3,(H,39,40). The number of methoxy groups -OCH3 is 1. The van der Waals surface area contributed by atoms with Crippen molar-refractivity contribution in [1.29, 1.82) is 0 Å². The molecule has 0 radical (unpaired) electrons. The second-order valence-corrected chi connectivity index (χ2v) is 9.83. The Hall–Kier alpha value is -4.58. The van der Waals surface area contributed by atoms with Crippen LogP contribution in [0.25, 0.3) is 11.1 Å². The third kappa shape index (κ3) is 7.38. The lowest BCUT2D eigenvalue weighted by Gasteiger charge is -2.21. The van der Waals surface area contributed by atoms with Crippen LogP contribution in [0.1, 0.15) is 27.7 Å². The SMILES string of the molecule is COc1cn(C(Cc2ccn(C)n2)C(=O)Cc2ccc(C(=O)O)cc2)c(=O)cc1-c1cc(Cl)ccc1OCC(F)(F)F. The highest BCUT2D eigenvalue weighted by Gasteiger charge is 2.30. The van der Waals surface area contributed by atoms with Crippen molar-refractivity contribution in [2.24, 2.45) is 7.05 Å². The van der Waals surface area contributed by atoms with Gasteiger partial charge in [0.2, 0.25) is 0 Å². The summed E-state index contributed by atoms with van der Waals surface area (Å²) < 4.78 is 51.9. The van der Waals surface area contributed by atoms with Crippen molar-refractivity contribution in [2.45, 2.75) is 25.1 Å². The van der Waals surface area contributed by atoms with Gasteiger partial charge in [0, 0.05) is 48.3 Å². The zero-order valence-electron chi connectivity index (χ0n) is 22.4. The quantitative estimate of drug-likeness (QED) is 0.252. The number of aromatic carboxylic acids is 1. The fourth-order valence-corrected chi connectivity index (χ4v) is 4.54. The van der Waals surface area contributed by atoms with Gasteiger partial charge in [0.05, 0.1) is 24.6 Å². The fourth-order valence-electron chi connectivity index (χ4n) is 4.37. The molecular formula is C29H25ClF3N3O6.